The van der Waals surface area contributed by atoms with E-state index in [-0.39, 0.29) is 17.4 Å². The van der Waals surface area contributed by atoms with Crippen LogP contribution in [0.5, 0.6) is 5.75 Å². The predicted octanol–water partition coefficient (Wildman–Crippen LogP) is 5.35. The number of aromatic nitrogens is 2. The Kier molecular flexibility index (Phi) is 5.93. The van der Waals surface area contributed by atoms with E-state index in [0.29, 0.717) is 26.3 Å². The Balaban J connectivity index is 1.21. The molecule has 1 N–H and O–H groups in total. The van der Waals surface area contributed by atoms with E-state index in [9.17, 15) is 9.59 Å². The minimum absolute atomic E-state index is 0.0357. The van der Waals surface area contributed by atoms with Crippen molar-refractivity contribution < 1.29 is 14.3 Å². The first kappa shape index (κ1) is 21.4. The summed E-state index contributed by atoms with van der Waals surface area (Å²) < 4.78 is 5.85. The van der Waals surface area contributed by atoms with Gasteiger partial charge >= 0.3 is 0 Å². The van der Waals surface area contributed by atoms with E-state index in [1.165, 1.54) is 52.5 Å². The summed E-state index contributed by atoms with van der Waals surface area (Å²) in [5.74, 6) is 0.446. The van der Waals surface area contributed by atoms with Gasteiger partial charge in [-0.2, -0.15) is 0 Å². The van der Waals surface area contributed by atoms with Gasteiger partial charge in [-0.1, -0.05) is 71.6 Å². The largest absolute Gasteiger partial charge is 0.496 e. The molecule has 33 heavy (non-hydrogen) atoms. The average Bonchev–Trinajstić information content (AvgIpc) is 3.45. The van der Waals surface area contributed by atoms with Crippen molar-refractivity contribution in [2.75, 3.05) is 18.2 Å². The topological polar surface area (TPSA) is 81.2 Å². The van der Waals surface area contributed by atoms with Crippen molar-refractivity contribution in [2.45, 2.75) is 10.8 Å². The van der Waals surface area contributed by atoms with E-state index in [1.807, 2.05) is 30.3 Å². The number of ketones is 1. The smallest absolute Gasteiger partial charge is 0.261 e. The lowest BCUT2D eigenvalue weighted by Crippen LogP contribution is -2.12. The molecule has 0 atom stereocenters. The van der Waals surface area contributed by atoms with Crippen LogP contribution >= 0.6 is 23.1 Å². The van der Waals surface area contributed by atoms with Crippen LogP contribution in [0.1, 0.15) is 31.8 Å². The van der Waals surface area contributed by atoms with Gasteiger partial charge in [0.2, 0.25) is 5.13 Å². The van der Waals surface area contributed by atoms with E-state index in [4.69, 9.17) is 4.74 Å². The normalized spacial score (nSPS) is 11.5. The molecular weight excluding hydrogens is 454 g/mol. The Labute approximate surface area is 199 Å². The number of anilines is 1. The molecule has 0 bridgehead atoms. The van der Waals surface area contributed by atoms with Gasteiger partial charge < -0.3 is 4.74 Å². The number of methoxy groups -OCH3 is 1. The van der Waals surface area contributed by atoms with Gasteiger partial charge in [0.25, 0.3) is 5.91 Å². The summed E-state index contributed by atoms with van der Waals surface area (Å²) >= 11 is 2.55. The van der Waals surface area contributed by atoms with E-state index in [1.54, 1.807) is 24.3 Å². The molecule has 0 unspecified atom stereocenters. The van der Waals surface area contributed by atoms with Gasteiger partial charge in [0.1, 0.15) is 5.75 Å². The monoisotopic (exact) mass is 473 g/mol. The number of thioether (sulfide) groups is 1. The van der Waals surface area contributed by atoms with Gasteiger partial charge in [0, 0.05) is 5.56 Å². The number of amides is 1. The molecule has 1 heterocycles. The number of rotatable bonds is 7. The molecule has 1 amide bonds. The number of hydrogen-bond acceptors (Lipinski definition) is 7. The number of Topliss-reactive ketones (excluding diaryl/α,β-unsaturated/α-hetero) is 1. The second kappa shape index (κ2) is 9.17. The summed E-state index contributed by atoms with van der Waals surface area (Å²) in [6.45, 7) is 0. The molecule has 164 valence electrons. The second-order valence-corrected chi connectivity index (χ2v) is 9.65. The molecule has 1 aliphatic rings. The van der Waals surface area contributed by atoms with Crippen LogP contribution in [0.15, 0.2) is 71.1 Å². The number of carbonyl (C=O) groups excluding carboxylic acids is 2. The van der Waals surface area contributed by atoms with Crippen LogP contribution in [-0.2, 0) is 6.42 Å². The third-order valence-electron chi connectivity index (χ3n) is 5.42. The van der Waals surface area contributed by atoms with E-state index >= 15 is 0 Å². The summed E-state index contributed by atoms with van der Waals surface area (Å²) in [5, 5.41) is 11.2. The molecule has 0 fully saturated rings. The maximum absolute atomic E-state index is 12.8. The summed E-state index contributed by atoms with van der Waals surface area (Å²) in [4.78, 5) is 25.3. The number of para-hydroxylation sites is 1. The number of hydrogen-bond donors (Lipinski definition) is 1. The molecule has 0 saturated carbocycles. The third kappa shape index (κ3) is 4.40. The highest BCUT2D eigenvalue weighted by atomic mass is 32.2. The van der Waals surface area contributed by atoms with E-state index in [2.05, 4.69) is 27.6 Å². The zero-order chi connectivity index (χ0) is 22.8. The Morgan fingerprint density at radius 1 is 1.00 bits per heavy atom. The lowest BCUT2D eigenvalue weighted by atomic mass is 10.0. The highest BCUT2D eigenvalue weighted by molar-refractivity contribution is 8.01. The lowest BCUT2D eigenvalue weighted by molar-refractivity contribution is 0.101. The molecular formula is C25H19N3O3S2. The fourth-order valence-corrected chi connectivity index (χ4v) is 5.49. The van der Waals surface area contributed by atoms with E-state index < -0.39 is 0 Å². The quantitative estimate of drug-likeness (QED) is 0.195. The Morgan fingerprint density at radius 2 is 1.79 bits per heavy atom. The fourth-order valence-electron chi connectivity index (χ4n) is 3.84. The second-order valence-electron chi connectivity index (χ2n) is 7.45. The third-order valence-corrected chi connectivity index (χ3v) is 7.39. The standard InChI is InChI=1S/C25H19N3O3S2/c1-31-22-9-5-4-8-20(22)23(30)26-24-27-28-25(33-24)32-14-21(29)16-10-11-19-17(13-16)12-15-6-2-3-7-18(15)19/h2-11,13H,12,14H2,1H3,(H,26,27,30). The van der Waals surface area contributed by atoms with Gasteiger partial charge in [0.05, 0.1) is 18.4 Å². The maximum Gasteiger partial charge on any atom is 0.261 e. The van der Waals surface area contributed by atoms with Crippen molar-refractivity contribution in [1.82, 2.24) is 10.2 Å². The SMILES string of the molecule is COc1ccccc1C(=O)Nc1nnc(SCC(=O)c2ccc3c(c2)Cc2ccccc2-3)s1. The summed E-state index contributed by atoms with van der Waals surface area (Å²) in [6, 6.07) is 21.2. The number of benzene rings is 3. The molecule has 0 saturated heterocycles. The van der Waals surface area contributed by atoms with Crippen LogP contribution in [0.2, 0.25) is 0 Å². The molecule has 5 rings (SSSR count). The van der Waals surface area contributed by atoms with Crippen LogP contribution in [0.4, 0.5) is 5.13 Å². The van der Waals surface area contributed by atoms with Gasteiger partial charge in [-0.15, -0.1) is 10.2 Å². The van der Waals surface area contributed by atoms with Gasteiger partial charge in [-0.3, -0.25) is 14.9 Å². The Hall–Kier alpha value is -3.49. The number of fused-ring (bicyclic) bond motifs is 3. The van der Waals surface area contributed by atoms with Gasteiger partial charge in [-0.05, 0) is 46.9 Å². The zero-order valence-corrected chi connectivity index (χ0v) is 19.3. The van der Waals surface area contributed by atoms with Crippen molar-refractivity contribution in [3.63, 3.8) is 0 Å². The number of carbonyl (C=O) groups is 2. The molecule has 6 nitrogen and oxygen atoms in total. The van der Waals surface area contributed by atoms with Crippen molar-refractivity contribution >= 4 is 39.9 Å². The minimum Gasteiger partial charge on any atom is -0.496 e. The highest BCUT2D eigenvalue weighted by Crippen LogP contribution is 2.37. The highest BCUT2D eigenvalue weighted by Gasteiger charge is 2.20. The molecule has 0 radical (unpaired) electrons. The molecule has 1 aliphatic carbocycles. The predicted molar refractivity (Wildman–Crippen MR) is 131 cm³/mol. The minimum atomic E-state index is -0.324. The van der Waals surface area contributed by atoms with Gasteiger partial charge in [0.15, 0.2) is 10.1 Å². The number of ether oxygens (including phenoxy) is 1. The molecule has 1 aromatic heterocycles. The van der Waals surface area contributed by atoms with Crippen LogP contribution in [-0.4, -0.2) is 34.8 Å². The van der Waals surface area contributed by atoms with Crippen LogP contribution in [0.3, 0.4) is 0 Å². The average molecular weight is 474 g/mol. The first-order valence-electron chi connectivity index (χ1n) is 10.3. The molecule has 0 spiro atoms. The van der Waals surface area contributed by atoms with Crippen LogP contribution in [0.25, 0.3) is 11.1 Å². The zero-order valence-electron chi connectivity index (χ0n) is 17.7. The maximum atomic E-state index is 12.8. The summed E-state index contributed by atoms with van der Waals surface area (Å²) in [7, 11) is 1.52. The molecule has 3 aromatic carbocycles. The van der Waals surface area contributed by atoms with Gasteiger partial charge in [-0.25, -0.2) is 0 Å². The fraction of sp³-hybridized carbons (Fsp3) is 0.120. The van der Waals surface area contributed by atoms with Crippen molar-refractivity contribution in [3.05, 3.63) is 89.0 Å². The van der Waals surface area contributed by atoms with Crippen molar-refractivity contribution in [2.24, 2.45) is 0 Å². The number of nitrogens with one attached hydrogen (secondary N) is 1. The first-order valence-corrected chi connectivity index (χ1v) is 12.1. The summed E-state index contributed by atoms with van der Waals surface area (Å²) in [5.41, 5.74) is 6.04. The van der Waals surface area contributed by atoms with E-state index in [0.717, 1.165) is 6.42 Å². The van der Waals surface area contributed by atoms with Crippen LogP contribution in [0, 0.1) is 0 Å². The molecule has 8 heteroatoms. The lowest BCUT2D eigenvalue weighted by Gasteiger charge is -2.06. The Bertz CT molecular complexity index is 1370. The number of nitrogens with zero attached hydrogens (tertiary/aromatic N) is 2. The van der Waals surface area contributed by atoms with Crippen molar-refractivity contribution in [1.29, 1.82) is 0 Å². The Morgan fingerprint density at radius 3 is 2.67 bits per heavy atom. The first-order chi connectivity index (χ1) is 16.1. The molecule has 0 aliphatic heterocycles. The van der Waals surface area contributed by atoms with Crippen LogP contribution < -0.4 is 10.1 Å². The summed E-state index contributed by atoms with van der Waals surface area (Å²) in [6.07, 6.45) is 0.853. The molecule has 4 aromatic rings. The van der Waals surface area contributed by atoms with Crippen molar-refractivity contribution in [3.8, 4) is 16.9 Å².